The van der Waals surface area contributed by atoms with Crippen LogP contribution in [0.3, 0.4) is 0 Å². The Labute approximate surface area is 96.8 Å². The van der Waals surface area contributed by atoms with Crippen LogP contribution in [0.1, 0.15) is 0 Å². The van der Waals surface area contributed by atoms with E-state index in [1.54, 1.807) is 18.2 Å². The normalized spacial score (nSPS) is 11.1. The first kappa shape index (κ1) is 12.6. The van der Waals surface area contributed by atoms with Gasteiger partial charge in [-0.2, -0.15) is 8.15 Å². The summed E-state index contributed by atoms with van der Waals surface area (Å²) in [6, 6.07) is 6.45. The molecule has 15 heavy (non-hydrogen) atoms. The molecular weight excluding hydrogens is 266 g/mol. The minimum absolute atomic E-state index is 0.143. The summed E-state index contributed by atoms with van der Waals surface area (Å²) in [6.45, 7) is 0. The van der Waals surface area contributed by atoms with Crippen LogP contribution in [-0.4, -0.2) is 7.11 Å². The third-order valence-electron chi connectivity index (χ3n) is 1.45. The van der Waals surface area contributed by atoms with E-state index >= 15 is 0 Å². The van der Waals surface area contributed by atoms with Gasteiger partial charge < -0.3 is 9.26 Å². The van der Waals surface area contributed by atoms with Crippen molar-refractivity contribution >= 4 is 31.6 Å². The molecule has 0 saturated heterocycles. The Hall–Kier alpha value is -0.450. The first-order valence-electron chi connectivity index (χ1n) is 3.68. The van der Waals surface area contributed by atoms with Crippen LogP contribution in [0.5, 0.6) is 11.5 Å². The zero-order valence-corrected chi connectivity index (χ0v) is 9.96. The molecule has 0 atom stereocenters. The smallest absolute Gasteiger partial charge is 0.493 e. The first-order valence-corrected chi connectivity index (χ1v) is 5.76. The van der Waals surface area contributed by atoms with Crippen molar-refractivity contribution in [1.29, 1.82) is 0 Å². The largest absolute Gasteiger partial charge is 0.563 e. The van der Waals surface area contributed by atoms with Crippen LogP contribution in [0.2, 0.25) is 0 Å². The molecular formula is C7H7Cl2O5P. The van der Waals surface area contributed by atoms with E-state index in [9.17, 15) is 4.57 Å². The summed E-state index contributed by atoms with van der Waals surface area (Å²) in [4.78, 5) is 0. The second-order valence-corrected chi connectivity index (χ2v) is 4.51. The molecule has 0 heterocycles. The average molecular weight is 273 g/mol. The number of methoxy groups -OCH3 is 1. The number of halogens is 2. The van der Waals surface area contributed by atoms with Gasteiger partial charge in [-0.3, -0.25) is 0 Å². The van der Waals surface area contributed by atoms with E-state index in [0.717, 1.165) is 0 Å². The lowest BCUT2D eigenvalue weighted by Crippen LogP contribution is -1.95. The number of hydrogen-bond acceptors (Lipinski definition) is 5. The summed E-state index contributed by atoms with van der Waals surface area (Å²) in [5, 5.41) is 0. The highest BCUT2D eigenvalue weighted by Crippen LogP contribution is 2.53. The van der Waals surface area contributed by atoms with Crippen LogP contribution >= 0.6 is 31.6 Å². The molecule has 0 saturated carbocycles. The fourth-order valence-electron chi connectivity index (χ4n) is 0.853. The lowest BCUT2D eigenvalue weighted by Gasteiger charge is -2.12. The van der Waals surface area contributed by atoms with Crippen LogP contribution in [0.25, 0.3) is 0 Å². The lowest BCUT2D eigenvalue weighted by atomic mass is 10.3. The van der Waals surface area contributed by atoms with E-state index in [4.69, 9.17) is 33.0 Å². The topological polar surface area (TPSA) is 54.0 Å². The Kier molecular flexibility index (Phi) is 4.70. The standard InChI is InChI=1S/C7H7Cl2O5P/c1-11-6-4-2-3-5-7(6)12-15(10,13-8)14-9/h2-5H,1H3. The summed E-state index contributed by atoms with van der Waals surface area (Å²) in [5.41, 5.74) is 0. The number of rotatable bonds is 5. The highest BCUT2D eigenvalue weighted by molar-refractivity contribution is 7.50. The SMILES string of the molecule is COc1ccccc1OP(=O)(OCl)OCl. The highest BCUT2D eigenvalue weighted by Gasteiger charge is 2.30. The van der Waals surface area contributed by atoms with Gasteiger partial charge in [0.25, 0.3) is 0 Å². The van der Waals surface area contributed by atoms with Gasteiger partial charge in [0, 0.05) is 0 Å². The molecule has 0 unspecified atom stereocenters. The molecule has 0 spiro atoms. The van der Waals surface area contributed by atoms with Gasteiger partial charge in [-0.15, -0.1) is 0 Å². The molecule has 0 N–H and O–H groups in total. The van der Waals surface area contributed by atoms with Crippen molar-refractivity contribution in [2.24, 2.45) is 0 Å². The molecule has 0 aliphatic carbocycles. The Balaban J connectivity index is 2.93. The van der Waals surface area contributed by atoms with Gasteiger partial charge in [0.05, 0.1) is 30.8 Å². The molecule has 8 heteroatoms. The third-order valence-corrected chi connectivity index (χ3v) is 3.22. The molecule has 1 aromatic rings. The van der Waals surface area contributed by atoms with Gasteiger partial charge in [0.2, 0.25) is 0 Å². The fourth-order valence-corrected chi connectivity index (χ4v) is 1.75. The molecule has 0 aromatic heterocycles. The molecule has 0 aliphatic heterocycles. The van der Waals surface area contributed by atoms with Crippen LogP contribution in [-0.2, 0) is 12.7 Å². The van der Waals surface area contributed by atoms with Gasteiger partial charge in [-0.05, 0) is 12.1 Å². The van der Waals surface area contributed by atoms with E-state index in [2.05, 4.69) is 8.15 Å². The summed E-state index contributed by atoms with van der Waals surface area (Å²) in [7, 11) is -2.57. The first-order chi connectivity index (χ1) is 7.15. The molecule has 1 rings (SSSR count). The summed E-state index contributed by atoms with van der Waals surface area (Å²) in [6.07, 6.45) is 0. The molecule has 5 nitrogen and oxygen atoms in total. The maximum Gasteiger partial charge on any atom is 0.563 e. The van der Waals surface area contributed by atoms with Crippen molar-refractivity contribution < 1.29 is 22.0 Å². The van der Waals surface area contributed by atoms with Gasteiger partial charge in [0.15, 0.2) is 11.5 Å². The monoisotopic (exact) mass is 272 g/mol. The van der Waals surface area contributed by atoms with Crippen LogP contribution in [0.15, 0.2) is 24.3 Å². The van der Waals surface area contributed by atoms with Crippen molar-refractivity contribution in [1.82, 2.24) is 0 Å². The second kappa shape index (κ2) is 5.58. The number of ether oxygens (including phenoxy) is 1. The van der Waals surface area contributed by atoms with Crippen molar-refractivity contribution in [3.63, 3.8) is 0 Å². The van der Waals surface area contributed by atoms with Crippen LogP contribution in [0.4, 0.5) is 0 Å². The Morgan fingerprint density at radius 3 is 2.13 bits per heavy atom. The molecule has 0 aliphatic rings. The number of phosphoric acid groups is 1. The third kappa shape index (κ3) is 3.26. The van der Waals surface area contributed by atoms with Gasteiger partial charge in [-0.25, -0.2) is 4.57 Å². The van der Waals surface area contributed by atoms with E-state index in [0.29, 0.717) is 5.75 Å². The summed E-state index contributed by atoms with van der Waals surface area (Å²) in [5.74, 6) is 0.491. The van der Waals surface area contributed by atoms with Gasteiger partial charge >= 0.3 is 7.82 Å². The summed E-state index contributed by atoms with van der Waals surface area (Å²) >= 11 is 9.83. The zero-order valence-electron chi connectivity index (χ0n) is 7.55. The number of para-hydroxylation sites is 2. The van der Waals surface area contributed by atoms with Crippen LogP contribution < -0.4 is 9.26 Å². The van der Waals surface area contributed by atoms with Crippen LogP contribution in [0, 0.1) is 0 Å². The number of hydrogen-bond donors (Lipinski definition) is 0. The summed E-state index contributed by atoms with van der Waals surface area (Å²) < 4.78 is 29.2. The lowest BCUT2D eigenvalue weighted by molar-refractivity contribution is 0.308. The highest BCUT2D eigenvalue weighted by atomic mass is 35.5. The molecule has 0 bridgehead atoms. The average Bonchev–Trinajstić information content (AvgIpc) is 2.29. The van der Waals surface area contributed by atoms with Gasteiger partial charge in [-0.1, -0.05) is 12.1 Å². The van der Waals surface area contributed by atoms with Crippen molar-refractivity contribution in [2.75, 3.05) is 7.11 Å². The molecule has 0 amide bonds. The van der Waals surface area contributed by atoms with Crippen molar-refractivity contribution in [3.05, 3.63) is 24.3 Å². The Morgan fingerprint density at radius 2 is 1.67 bits per heavy atom. The molecule has 84 valence electrons. The molecule has 0 fully saturated rings. The molecule has 1 aromatic carbocycles. The van der Waals surface area contributed by atoms with E-state index in [1.165, 1.54) is 13.2 Å². The Bertz CT molecular complexity index is 364. The van der Waals surface area contributed by atoms with Crippen molar-refractivity contribution in [2.45, 2.75) is 0 Å². The fraction of sp³-hybridized carbons (Fsp3) is 0.143. The quantitative estimate of drug-likeness (QED) is 0.768. The predicted octanol–water partition coefficient (Wildman–Crippen LogP) is 3.52. The Morgan fingerprint density at radius 1 is 1.13 bits per heavy atom. The maximum absolute atomic E-state index is 11.4. The second-order valence-electron chi connectivity index (χ2n) is 2.33. The van der Waals surface area contributed by atoms with E-state index in [1.807, 2.05) is 0 Å². The van der Waals surface area contributed by atoms with Crippen molar-refractivity contribution in [3.8, 4) is 11.5 Å². The predicted molar refractivity (Wildman–Crippen MR) is 55.1 cm³/mol. The minimum atomic E-state index is -3.99. The minimum Gasteiger partial charge on any atom is -0.493 e. The molecule has 0 radical (unpaired) electrons. The van der Waals surface area contributed by atoms with E-state index < -0.39 is 7.82 Å². The zero-order chi connectivity index (χ0) is 11.3. The van der Waals surface area contributed by atoms with Gasteiger partial charge in [0.1, 0.15) is 0 Å². The number of benzene rings is 1. The van der Waals surface area contributed by atoms with E-state index in [-0.39, 0.29) is 5.75 Å². The maximum atomic E-state index is 11.4.